The van der Waals surface area contributed by atoms with Crippen LogP contribution in [0.5, 0.6) is 5.75 Å². The van der Waals surface area contributed by atoms with Gasteiger partial charge in [0.05, 0.1) is 10.7 Å². The molecule has 0 radical (unpaired) electrons. The van der Waals surface area contributed by atoms with Gasteiger partial charge in [-0.25, -0.2) is 4.98 Å². The number of anilines is 1. The fourth-order valence-corrected chi connectivity index (χ4v) is 2.98. The van der Waals surface area contributed by atoms with Crippen molar-refractivity contribution in [1.82, 2.24) is 9.55 Å². The zero-order valence-corrected chi connectivity index (χ0v) is 14.6. The molecule has 0 atom stereocenters. The number of amides is 1. The molecule has 0 saturated heterocycles. The van der Waals surface area contributed by atoms with Crippen LogP contribution < -0.4 is 10.1 Å². The summed E-state index contributed by atoms with van der Waals surface area (Å²) < 4.78 is 42.0. The lowest BCUT2D eigenvalue weighted by atomic mass is 10.2. The number of rotatable bonds is 4. The first-order valence-electron chi connectivity index (χ1n) is 7.47. The van der Waals surface area contributed by atoms with Crippen molar-refractivity contribution in [1.29, 1.82) is 0 Å². The van der Waals surface area contributed by atoms with Gasteiger partial charge in [0.15, 0.2) is 0 Å². The average Bonchev–Trinajstić information content (AvgIpc) is 3.13. The van der Waals surface area contributed by atoms with Gasteiger partial charge in [-0.3, -0.25) is 4.79 Å². The number of hydrogen-bond donors (Lipinski definition) is 1. The molecule has 0 fully saturated rings. The lowest BCUT2D eigenvalue weighted by molar-refractivity contribution is -0.274. The Morgan fingerprint density at radius 3 is 2.54 bits per heavy atom. The second-order valence-corrected chi connectivity index (χ2v) is 6.57. The number of benzene rings is 1. The van der Waals surface area contributed by atoms with E-state index in [1.54, 1.807) is 23.9 Å². The summed E-state index contributed by atoms with van der Waals surface area (Å²) in [5.41, 5.74) is 2.37. The molecule has 26 heavy (non-hydrogen) atoms. The van der Waals surface area contributed by atoms with Crippen molar-refractivity contribution < 1.29 is 22.7 Å². The third kappa shape index (κ3) is 4.23. The van der Waals surface area contributed by atoms with E-state index in [-0.39, 0.29) is 11.7 Å². The molecule has 1 aromatic carbocycles. The van der Waals surface area contributed by atoms with Gasteiger partial charge in [-0.2, -0.15) is 0 Å². The lowest BCUT2D eigenvalue weighted by Crippen LogP contribution is -2.17. The normalized spacial score (nSPS) is 11.4. The predicted octanol–water partition coefficient (Wildman–Crippen LogP) is 4.61. The number of alkyl halides is 3. The number of ether oxygens (including phenoxy) is 1. The topological polar surface area (TPSA) is 56.1 Å². The van der Waals surface area contributed by atoms with Gasteiger partial charge in [-0.1, -0.05) is 0 Å². The highest BCUT2D eigenvalue weighted by atomic mass is 32.1. The first kappa shape index (κ1) is 18.0. The maximum Gasteiger partial charge on any atom is 0.573 e. The highest BCUT2D eigenvalue weighted by molar-refractivity contribution is 7.09. The number of aryl methyl sites for hydroxylation is 2. The van der Waals surface area contributed by atoms with Crippen LogP contribution in [0.2, 0.25) is 0 Å². The summed E-state index contributed by atoms with van der Waals surface area (Å²) in [6.07, 6.45) is -2.96. The average molecular weight is 381 g/mol. The van der Waals surface area contributed by atoms with Crippen LogP contribution in [0, 0.1) is 6.92 Å². The van der Waals surface area contributed by atoms with Crippen molar-refractivity contribution in [3.8, 4) is 17.0 Å². The SMILES string of the molecule is Cc1nc(-c2cc(C(=O)Nc3ccc(OC(F)(F)F)cc3)n(C)c2)cs1. The van der Waals surface area contributed by atoms with Gasteiger partial charge < -0.3 is 14.6 Å². The summed E-state index contributed by atoms with van der Waals surface area (Å²) in [5, 5.41) is 5.48. The van der Waals surface area contributed by atoms with Gasteiger partial charge in [-0.15, -0.1) is 24.5 Å². The predicted molar refractivity (Wildman–Crippen MR) is 92.3 cm³/mol. The van der Waals surface area contributed by atoms with Crippen LogP contribution in [-0.4, -0.2) is 21.8 Å². The van der Waals surface area contributed by atoms with Crippen LogP contribution >= 0.6 is 11.3 Å². The summed E-state index contributed by atoms with van der Waals surface area (Å²) in [6.45, 7) is 1.90. The Morgan fingerprint density at radius 1 is 1.27 bits per heavy atom. The smallest absolute Gasteiger partial charge is 0.406 e. The molecule has 0 saturated carbocycles. The molecule has 0 bridgehead atoms. The van der Waals surface area contributed by atoms with Crippen molar-refractivity contribution in [3.05, 3.63) is 52.6 Å². The van der Waals surface area contributed by atoms with E-state index in [4.69, 9.17) is 0 Å². The molecule has 0 unspecified atom stereocenters. The largest absolute Gasteiger partial charge is 0.573 e. The molecule has 5 nitrogen and oxygen atoms in total. The Balaban J connectivity index is 1.73. The fraction of sp³-hybridized carbons (Fsp3) is 0.176. The number of hydrogen-bond acceptors (Lipinski definition) is 4. The number of halogens is 3. The molecule has 2 aromatic heterocycles. The van der Waals surface area contributed by atoms with E-state index >= 15 is 0 Å². The zero-order chi connectivity index (χ0) is 18.9. The molecule has 3 rings (SSSR count). The van der Waals surface area contributed by atoms with E-state index in [1.807, 2.05) is 12.3 Å². The molecule has 0 aliphatic rings. The Kier molecular flexibility index (Phi) is 4.73. The van der Waals surface area contributed by atoms with Crippen molar-refractivity contribution in [2.45, 2.75) is 13.3 Å². The van der Waals surface area contributed by atoms with Crippen molar-refractivity contribution in [2.75, 3.05) is 5.32 Å². The number of nitrogens with one attached hydrogen (secondary N) is 1. The maximum absolute atomic E-state index is 12.4. The molecule has 0 aliphatic carbocycles. The third-order valence-corrected chi connectivity index (χ3v) is 4.27. The van der Waals surface area contributed by atoms with Crippen LogP contribution in [0.4, 0.5) is 18.9 Å². The molecular formula is C17H14F3N3O2S. The monoisotopic (exact) mass is 381 g/mol. The molecular weight excluding hydrogens is 367 g/mol. The minimum Gasteiger partial charge on any atom is -0.406 e. The quantitative estimate of drug-likeness (QED) is 0.718. The van der Waals surface area contributed by atoms with Crippen LogP contribution in [-0.2, 0) is 7.05 Å². The summed E-state index contributed by atoms with van der Waals surface area (Å²) in [6, 6.07) is 6.67. The molecule has 1 amide bonds. The molecule has 9 heteroatoms. The Morgan fingerprint density at radius 2 is 1.96 bits per heavy atom. The van der Waals surface area contributed by atoms with Crippen LogP contribution in [0.25, 0.3) is 11.3 Å². The van der Waals surface area contributed by atoms with Gasteiger partial charge in [-0.05, 0) is 37.3 Å². The molecule has 3 aromatic rings. The molecule has 0 aliphatic heterocycles. The zero-order valence-electron chi connectivity index (χ0n) is 13.8. The number of aromatic nitrogens is 2. The van der Waals surface area contributed by atoms with E-state index in [0.29, 0.717) is 11.4 Å². The number of carbonyl (C=O) groups is 1. The molecule has 0 spiro atoms. The second-order valence-electron chi connectivity index (χ2n) is 5.50. The summed E-state index contributed by atoms with van der Waals surface area (Å²) in [5.74, 6) is -0.731. The first-order valence-corrected chi connectivity index (χ1v) is 8.35. The molecule has 1 N–H and O–H groups in total. The van der Waals surface area contributed by atoms with E-state index < -0.39 is 6.36 Å². The van der Waals surface area contributed by atoms with E-state index in [1.165, 1.54) is 23.5 Å². The van der Waals surface area contributed by atoms with Gasteiger partial charge in [0, 0.05) is 29.9 Å². The second kappa shape index (κ2) is 6.83. The standard InChI is InChI=1S/C17H14F3N3O2S/c1-10-21-14(9-26-10)11-7-15(23(2)8-11)16(24)22-12-3-5-13(6-4-12)25-17(18,19)20/h3-9H,1-2H3,(H,22,24). The summed E-state index contributed by atoms with van der Waals surface area (Å²) >= 11 is 1.52. The highest BCUT2D eigenvalue weighted by Crippen LogP contribution is 2.26. The van der Waals surface area contributed by atoms with Gasteiger partial charge in [0.1, 0.15) is 11.4 Å². The summed E-state index contributed by atoms with van der Waals surface area (Å²) in [7, 11) is 1.73. The number of carbonyl (C=O) groups excluding carboxylic acids is 1. The first-order chi connectivity index (χ1) is 12.2. The number of thiazole rings is 1. The van der Waals surface area contributed by atoms with E-state index in [0.717, 1.165) is 28.4 Å². The highest BCUT2D eigenvalue weighted by Gasteiger charge is 2.31. The minimum absolute atomic E-state index is 0.351. The van der Waals surface area contributed by atoms with Crippen molar-refractivity contribution >= 4 is 22.9 Å². The Labute approximate surface area is 151 Å². The van der Waals surface area contributed by atoms with Gasteiger partial charge >= 0.3 is 6.36 Å². The van der Waals surface area contributed by atoms with E-state index in [2.05, 4.69) is 15.0 Å². The van der Waals surface area contributed by atoms with Crippen LogP contribution in [0.15, 0.2) is 41.9 Å². The van der Waals surface area contributed by atoms with Crippen molar-refractivity contribution in [2.24, 2.45) is 7.05 Å². The van der Waals surface area contributed by atoms with Gasteiger partial charge in [0.2, 0.25) is 0 Å². The maximum atomic E-state index is 12.4. The Bertz CT molecular complexity index is 930. The fourth-order valence-electron chi connectivity index (χ4n) is 2.36. The summed E-state index contributed by atoms with van der Waals surface area (Å²) in [4.78, 5) is 16.8. The Hall–Kier alpha value is -2.81. The lowest BCUT2D eigenvalue weighted by Gasteiger charge is -2.10. The minimum atomic E-state index is -4.75. The molecule has 136 valence electrons. The van der Waals surface area contributed by atoms with Crippen LogP contribution in [0.3, 0.4) is 0 Å². The molecule has 2 heterocycles. The van der Waals surface area contributed by atoms with Crippen LogP contribution in [0.1, 0.15) is 15.5 Å². The van der Waals surface area contributed by atoms with Crippen molar-refractivity contribution in [3.63, 3.8) is 0 Å². The number of nitrogens with zero attached hydrogens (tertiary/aromatic N) is 2. The van der Waals surface area contributed by atoms with Gasteiger partial charge in [0.25, 0.3) is 5.91 Å². The van der Waals surface area contributed by atoms with E-state index in [9.17, 15) is 18.0 Å². The third-order valence-electron chi connectivity index (χ3n) is 3.50.